The SMILES string of the molecule is CC(c1ccccc1Cl)N1CCN(C(=O)CCc2nc3ccccc3[nH]2)CC1. The van der Waals surface area contributed by atoms with Crippen molar-refractivity contribution in [3.63, 3.8) is 0 Å². The molecule has 1 aromatic heterocycles. The Bertz CT molecular complexity index is 929. The summed E-state index contributed by atoms with van der Waals surface area (Å²) in [5.41, 5.74) is 3.12. The number of benzene rings is 2. The maximum absolute atomic E-state index is 12.6. The summed E-state index contributed by atoms with van der Waals surface area (Å²) in [4.78, 5) is 24.9. The molecule has 5 nitrogen and oxygen atoms in total. The van der Waals surface area contributed by atoms with E-state index in [0.29, 0.717) is 12.8 Å². The monoisotopic (exact) mass is 396 g/mol. The smallest absolute Gasteiger partial charge is 0.223 e. The van der Waals surface area contributed by atoms with Crippen molar-refractivity contribution < 1.29 is 4.79 Å². The van der Waals surface area contributed by atoms with Crippen LogP contribution in [0.25, 0.3) is 11.0 Å². The summed E-state index contributed by atoms with van der Waals surface area (Å²) in [5, 5.41) is 0.805. The van der Waals surface area contributed by atoms with E-state index in [1.807, 2.05) is 47.4 Å². The minimum atomic E-state index is 0.200. The topological polar surface area (TPSA) is 52.2 Å². The number of rotatable bonds is 5. The van der Waals surface area contributed by atoms with Crippen LogP contribution in [0, 0.1) is 0 Å². The van der Waals surface area contributed by atoms with Gasteiger partial charge in [-0.2, -0.15) is 0 Å². The van der Waals surface area contributed by atoms with E-state index in [0.717, 1.165) is 53.6 Å². The van der Waals surface area contributed by atoms with Crippen molar-refractivity contribution in [1.82, 2.24) is 19.8 Å². The summed E-state index contributed by atoms with van der Waals surface area (Å²) in [6.07, 6.45) is 1.13. The maximum Gasteiger partial charge on any atom is 0.223 e. The van der Waals surface area contributed by atoms with E-state index in [9.17, 15) is 4.79 Å². The third-order valence-electron chi connectivity index (χ3n) is 5.58. The molecule has 4 rings (SSSR count). The van der Waals surface area contributed by atoms with Crippen molar-refractivity contribution in [2.24, 2.45) is 0 Å². The van der Waals surface area contributed by atoms with Gasteiger partial charge in [-0.1, -0.05) is 41.9 Å². The van der Waals surface area contributed by atoms with Gasteiger partial charge < -0.3 is 9.88 Å². The average Bonchev–Trinajstić information content (AvgIpc) is 3.15. The van der Waals surface area contributed by atoms with Crippen LogP contribution >= 0.6 is 11.6 Å². The molecule has 28 heavy (non-hydrogen) atoms. The lowest BCUT2D eigenvalue weighted by Gasteiger charge is -2.38. The number of amides is 1. The number of fused-ring (bicyclic) bond motifs is 1. The lowest BCUT2D eigenvalue weighted by Crippen LogP contribution is -2.49. The largest absolute Gasteiger partial charge is 0.342 e. The normalized spacial score (nSPS) is 16.4. The van der Waals surface area contributed by atoms with Crippen LogP contribution in [-0.4, -0.2) is 51.9 Å². The highest BCUT2D eigenvalue weighted by Crippen LogP contribution is 2.27. The van der Waals surface area contributed by atoms with Crippen LogP contribution in [0.5, 0.6) is 0 Å². The quantitative estimate of drug-likeness (QED) is 0.707. The molecule has 0 spiro atoms. The molecule has 1 atom stereocenters. The van der Waals surface area contributed by atoms with Gasteiger partial charge in [-0.15, -0.1) is 0 Å². The molecule has 2 aromatic carbocycles. The van der Waals surface area contributed by atoms with E-state index < -0.39 is 0 Å². The number of aromatic nitrogens is 2. The van der Waals surface area contributed by atoms with Gasteiger partial charge in [-0.05, 0) is 30.7 Å². The molecular formula is C22H25ClN4O. The molecule has 0 aliphatic carbocycles. The molecule has 2 heterocycles. The van der Waals surface area contributed by atoms with E-state index in [4.69, 9.17) is 11.6 Å². The summed E-state index contributed by atoms with van der Waals surface area (Å²) < 4.78 is 0. The fraction of sp³-hybridized carbons (Fsp3) is 0.364. The number of aromatic amines is 1. The number of para-hydroxylation sites is 2. The Morgan fingerprint density at radius 3 is 2.57 bits per heavy atom. The van der Waals surface area contributed by atoms with Crippen molar-refractivity contribution in [2.45, 2.75) is 25.8 Å². The Morgan fingerprint density at radius 2 is 1.82 bits per heavy atom. The second-order valence-corrected chi connectivity index (χ2v) is 7.72. The van der Waals surface area contributed by atoms with E-state index in [1.165, 1.54) is 0 Å². The third-order valence-corrected chi connectivity index (χ3v) is 5.93. The van der Waals surface area contributed by atoms with Gasteiger partial charge in [0.1, 0.15) is 5.82 Å². The average molecular weight is 397 g/mol. The number of carbonyl (C=O) groups is 1. The highest BCUT2D eigenvalue weighted by atomic mass is 35.5. The number of piperazine rings is 1. The first kappa shape index (κ1) is 19.0. The number of H-pyrrole nitrogens is 1. The standard InChI is InChI=1S/C22H25ClN4O/c1-16(17-6-2-3-7-18(17)23)26-12-14-27(15-13-26)22(28)11-10-21-24-19-8-4-5-9-20(19)25-21/h2-9,16H,10-15H2,1H3,(H,24,25). The number of nitrogens with one attached hydrogen (secondary N) is 1. The Labute approximate surface area is 170 Å². The van der Waals surface area contributed by atoms with Crippen molar-refractivity contribution >= 4 is 28.5 Å². The van der Waals surface area contributed by atoms with Crippen molar-refractivity contribution in [1.29, 1.82) is 0 Å². The molecule has 1 fully saturated rings. The Hall–Kier alpha value is -2.37. The zero-order valence-electron chi connectivity index (χ0n) is 16.1. The van der Waals surface area contributed by atoms with Crippen LogP contribution in [0.15, 0.2) is 48.5 Å². The van der Waals surface area contributed by atoms with Crippen molar-refractivity contribution in [3.8, 4) is 0 Å². The van der Waals surface area contributed by atoms with E-state index >= 15 is 0 Å². The van der Waals surface area contributed by atoms with Crippen molar-refractivity contribution in [2.75, 3.05) is 26.2 Å². The number of nitrogens with zero attached hydrogens (tertiary/aromatic N) is 3. The number of aryl methyl sites for hydroxylation is 1. The van der Waals surface area contributed by atoms with Gasteiger partial charge in [0.2, 0.25) is 5.91 Å². The van der Waals surface area contributed by atoms with Gasteiger partial charge in [-0.3, -0.25) is 9.69 Å². The number of imidazole rings is 1. The van der Waals surface area contributed by atoms with Gasteiger partial charge >= 0.3 is 0 Å². The number of hydrogen-bond acceptors (Lipinski definition) is 3. The molecule has 3 aromatic rings. The highest BCUT2D eigenvalue weighted by Gasteiger charge is 2.25. The molecule has 1 saturated heterocycles. The zero-order chi connectivity index (χ0) is 19.5. The first-order valence-electron chi connectivity index (χ1n) is 9.81. The van der Waals surface area contributed by atoms with E-state index in [2.05, 4.69) is 27.9 Å². The van der Waals surface area contributed by atoms with E-state index in [-0.39, 0.29) is 11.9 Å². The Balaban J connectivity index is 1.29. The van der Waals surface area contributed by atoms with Crippen LogP contribution in [-0.2, 0) is 11.2 Å². The molecule has 0 radical (unpaired) electrons. The minimum absolute atomic E-state index is 0.200. The highest BCUT2D eigenvalue weighted by molar-refractivity contribution is 6.31. The lowest BCUT2D eigenvalue weighted by molar-refractivity contribution is -0.133. The van der Waals surface area contributed by atoms with Gasteiger partial charge in [0, 0.05) is 50.1 Å². The van der Waals surface area contributed by atoms with E-state index in [1.54, 1.807) is 0 Å². The second kappa shape index (κ2) is 8.33. The zero-order valence-corrected chi connectivity index (χ0v) is 16.8. The first-order chi connectivity index (χ1) is 13.6. The molecule has 1 aliphatic heterocycles. The van der Waals surface area contributed by atoms with Gasteiger partial charge in [0.25, 0.3) is 0 Å². The predicted octanol–water partition coefficient (Wildman–Crippen LogP) is 4.05. The molecule has 1 N–H and O–H groups in total. The van der Waals surface area contributed by atoms with Crippen LogP contribution in [0.4, 0.5) is 0 Å². The predicted molar refractivity (Wildman–Crippen MR) is 112 cm³/mol. The summed E-state index contributed by atoms with van der Waals surface area (Å²) in [7, 11) is 0. The van der Waals surface area contributed by atoms with Crippen LogP contribution in [0.2, 0.25) is 5.02 Å². The molecule has 0 saturated carbocycles. The fourth-order valence-corrected chi connectivity index (χ4v) is 4.17. The first-order valence-corrected chi connectivity index (χ1v) is 10.2. The molecule has 6 heteroatoms. The molecule has 146 valence electrons. The summed E-state index contributed by atoms with van der Waals surface area (Å²) in [6, 6.07) is 16.2. The van der Waals surface area contributed by atoms with Crippen molar-refractivity contribution in [3.05, 3.63) is 64.9 Å². The summed E-state index contributed by atoms with van der Waals surface area (Å²) >= 11 is 6.35. The maximum atomic E-state index is 12.6. The van der Waals surface area contributed by atoms with Crippen LogP contribution < -0.4 is 0 Å². The molecule has 1 aliphatic rings. The number of carbonyl (C=O) groups excluding carboxylic acids is 1. The Kier molecular flexibility index (Phi) is 5.64. The van der Waals surface area contributed by atoms with Gasteiger partial charge in [0.05, 0.1) is 11.0 Å². The number of hydrogen-bond donors (Lipinski definition) is 1. The van der Waals surface area contributed by atoms with Crippen LogP contribution in [0.1, 0.15) is 30.8 Å². The summed E-state index contributed by atoms with van der Waals surface area (Å²) in [6.45, 7) is 5.42. The fourth-order valence-electron chi connectivity index (χ4n) is 3.88. The molecule has 0 bridgehead atoms. The third kappa shape index (κ3) is 4.05. The lowest BCUT2D eigenvalue weighted by atomic mass is 10.1. The minimum Gasteiger partial charge on any atom is -0.342 e. The molecular weight excluding hydrogens is 372 g/mol. The van der Waals surface area contributed by atoms with Crippen LogP contribution in [0.3, 0.4) is 0 Å². The number of halogens is 1. The second-order valence-electron chi connectivity index (χ2n) is 7.31. The van der Waals surface area contributed by atoms with Gasteiger partial charge in [0.15, 0.2) is 0 Å². The Morgan fingerprint density at radius 1 is 1.11 bits per heavy atom. The summed E-state index contributed by atoms with van der Waals surface area (Å²) in [5.74, 6) is 1.08. The molecule has 1 amide bonds. The molecule has 1 unspecified atom stereocenters. The van der Waals surface area contributed by atoms with Gasteiger partial charge in [-0.25, -0.2) is 4.98 Å².